The van der Waals surface area contributed by atoms with Gasteiger partial charge in [-0.1, -0.05) is 23.7 Å². The van der Waals surface area contributed by atoms with E-state index in [0.29, 0.717) is 10.6 Å². The minimum atomic E-state index is -3.86. The average Bonchev–Trinajstić information content (AvgIpc) is 2.52. The van der Waals surface area contributed by atoms with Crippen molar-refractivity contribution < 1.29 is 22.7 Å². The molecule has 0 spiro atoms. The molecule has 128 valence electrons. The standard InChI is InChI=1S/C16H15ClFNO4S/c17-13-3-1-11(2-4-13)12(9-16(20)21)10-19-24(22,23)15-7-5-14(18)6-8-15/h1-8,12,19H,9-10H2,(H,20,21). The summed E-state index contributed by atoms with van der Waals surface area (Å²) in [6, 6.07) is 10.9. The first-order chi connectivity index (χ1) is 11.3. The first-order valence-electron chi connectivity index (χ1n) is 7.00. The van der Waals surface area contributed by atoms with Crippen LogP contribution in [0.1, 0.15) is 17.9 Å². The first-order valence-corrected chi connectivity index (χ1v) is 8.86. The van der Waals surface area contributed by atoms with Crippen LogP contribution < -0.4 is 4.72 Å². The summed E-state index contributed by atoms with van der Waals surface area (Å²) in [6.45, 7) is -0.104. The first kappa shape index (κ1) is 18.4. The minimum absolute atomic E-state index is 0.0888. The highest BCUT2D eigenvalue weighted by Crippen LogP contribution is 2.22. The van der Waals surface area contributed by atoms with Gasteiger partial charge < -0.3 is 5.11 Å². The van der Waals surface area contributed by atoms with Gasteiger partial charge in [0.05, 0.1) is 11.3 Å². The Morgan fingerprint density at radius 2 is 1.71 bits per heavy atom. The topological polar surface area (TPSA) is 83.5 Å². The Labute approximate surface area is 144 Å². The number of carboxylic acid groups (broad SMARTS) is 1. The molecule has 0 aromatic heterocycles. The third-order valence-electron chi connectivity index (χ3n) is 3.41. The quantitative estimate of drug-likeness (QED) is 0.783. The van der Waals surface area contributed by atoms with Gasteiger partial charge in [0, 0.05) is 17.5 Å². The van der Waals surface area contributed by atoms with Crippen LogP contribution in [0.25, 0.3) is 0 Å². The molecule has 0 aliphatic heterocycles. The van der Waals surface area contributed by atoms with Crippen molar-refractivity contribution in [2.24, 2.45) is 0 Å². The van der Waals surface area contributed by atoms with E-state index in [1.807, 2.05) is 0 Å². The molecule has 2 aromatic rings. The number of halogens is 2. The maximum Gasteiger partial charge on any atom is 0.304 e. The molecule has 0 amide bonds. The van der Waals surface area contributed by atoms with E-state index in [9.17, 15) is 17.6 Å². The van der Waals surface area contributed by atoms with Crippen LogP contribution in [0.2, 0.25) is 5.02 Å². The zero-order valence-electron chi connectivity index (χ0n) is 12.4. The van der Waals surface area contributed by atoms with E-state index in [1.165, 1.54) is 0 Å². The van der Waals surface area contributed by atoms with Gasteiger partial charge in [-0.05, 0) is 42.0 Å². The van der Waals surface area contributed by atoms with Crippen LogP contribution in [0.5, 0.6) is 0 Å². The second kappa shape index (κ2) is 7.74. The molecular formula is C16H15ClFNO4S. The molecule has 0 fully saturated rings. The molecule has 24 heavy (non-hydrogen) atoms. The molecular weight excluding hydrogens is 357 g/mol. The highest BCUT2D eigenvalue weighted by Gasteiger charge is 2.20. The molecule has 0 heterocycles. The third kappa shape index (κ3) is 5.02. The molecule has 0 bridgehead atoms. The van der Waals surface area contributed by atoms with Crippen molar-refractivity contribution in [2.75, 3.05) is 6.54 Å². The lowest BCUT2D eigenvalue weighted by Crippen LogP contribution is -2.29. The number of aliphatic carboxylic acids is 1. The molecule has 2 aromatic carbocycles. The Kier molecular flexibility index (Phi) is 5.93. The van der Waals surface area contributed by atoms with Crippen molar-refractivity contribution in [3.63, 3.8) is 0 Å². The number of carbonyl (C=O) groups is 1. The normalized spacial score (nSPS) is 12.8. The van der Waals surface area contributed by atoms with Gasteiger partial charge in [0.25, 0.3) is 0 Å². The van der Waals surface area contributed by atoms with Gasteiger partial charge in [-0.2, -0.15) is 0 Å². The van der Waals surface area contributed by atoms with E-state index >= 15 is 0 Å². The van der Waals surface area contributed by atoms with Gasteiger partial charge in [0.2, 0.25) is 10.0 Å². The monoisotopic (exact) mass is 371 g/mol. The lowest BCUT2D eigenvalue weighted by Gasteiger charge is -2.16. The Hall–Kier alpha value is -1.96. The van der Waals surface area contributed by atoms with Crippen LogP contribution in [0.15, 0.2) is 53.4 Å². The molecule has 0 aliphatic carbocycles. The number of hydrogen-bond acceptors (Lipinski definition) is 3. The van der Waals surface area contributed by atoms with Crippen molar-refractivity contribution >= 4 is 27.6 Å². The van der Waals surface area contributed by atoms with Crippen molar-refractivity contribution in [3.8, 4) is 0 Å². The highest BCUT2D eigenvalue weighted by molar-refractivity contribution is 7.89. The minimum Gasteiger partial charge on any atom is -0.481 e. The number of carboxylic acids is 1. The fourth-order valence-electron chi connectivity index (χ4n) is 2.16. The third-order valence-corrected chi connectivity index (χ3v) is 5.10. The Balaban J connectivity index is 2.16. The van der Waals surface area contributed by atoms with Gasteiger partial charge >= 0.3 is 5.97 Å². The van der Waals surface area contributed by atoms with Gasteiger partial charge in [-0.25, -0.2) is 17.5 Å². The molecule has 0 radical (unpaired) electrons. The van der Waals surface area contributed by atoms with Crippen molar-refractivity contribution in [3.05, 3.63) is 64.9 Å². The zero-order chi connectivity index (χ0) is 17.7. The van der Waals surface area contributed by atoms with E-state index in [2.05, 4.69) is 4.72 Å². The van der Waals surface area contributed by atoms with Crippen LogP contribution in [0.4, 0.5) is 4.39 Å². The summed E-state index contributed by atoms with van der Waals surface area (Å²) in [4.78, 5) is 10.9. The Morgan fingerprint density at radius 3 is 2.25 bits per heavy atom. The summed E-state index contributed by atoms with van der Waals surface area (Å²) < 4.78 is 39.7. The smallest absolute Gasteiger partial charge is 0.304 e. The highest BCUT2D eigenvalue weighted by atomic mass is 35.5. The molecule has 2 rings (SSSR count). The van der Waals surface area contributed by atoms with Crippen molar-refractivity contribution in [1.82, 2.24) is 4.72 Å². The van der Waals surface area contributed by atoms with Crippen LogP contribution in [0, 0.1) is 5.82 Å². The summed E-state index contributed by atoms with van der Waals surface area (Å²) in [6.07, 6.45) is -0.242. The second-order valence-electron chi connectivity index (χ2n) is 5.15. The molecule has 0 saturated carbocycles. The number of benzene rings is 2. The van der Waals surface area contributed by atoms with E-state index < -0.39 is 27.7 Å². The van der Waals surface area contributed by atoms with Crippen molar-refractivity contribution in [2.45, 2.75) is 17.2 Å². The van der Waals surface area contributed by atoms with Gasteiger partial charge in [-0.15, -0.1) is 0 Å². The van der Waals surface area contributed by atoms with E-state index in [4.69, 9.17) is 16.7 Å². The van der Waals surface area contributed by atoms with Crippen molar-refractivity contribution in [1.29, 1.82) is 0 Å². The SMILES string of the molecule is O=C(O)CC(CNS(=O)(=O)c1ccc(F)cc1)c1ccc(Cl)cc1. The number of hydrogen-bond donors (Lipinski definition) is 2. The van der Waals surface area contributed by atoms with Crippen LogP contribution >= 0.6 is 11.6 Å². The maximum atomic E-state index is 12.9. The summed E-state index contributed by atoms with van der Waals surface area (Å²) in [7, 11) is -3.86. The molecule has 5 nitrogen and oxygen atoms in total. The predicted octanol–water partition coefficient (Wildman–Crippen LogP) is 3.02. The van der Waals surface area contributed by atoms with Gasteiger partial charge in [0.1, 0.15) is 5.82 Å². The fourth-order valence-corrected chi connectivity index (χ4v) is 3.37. The predicted molar refractivity (Wildman–Crippen MR) is 88.0 cm³/mol. The fraction of sp³-hybridized carbons (Fsp3) is 0.188. The lowest BCUT2D eigenvalue weighted by molar-refractivity contribution is -0.137. The molecule has 0 saturated heterocycles. The zero-order valence-corrected chi connectivity index (χ0v) is 14.0. The average molecular weight is 372 g/mol. The Morgan fingerprint density at radius 1 is 1.12 bits per heavy atom. The lowest BCUT2D eigenvalue weighted by atomic mass is 9.96. The number of sulfonamides is 1. The number of nitrogens with one attached hydrogen (secondary N) is 1. The van der Waals surface area contributed by atoms with Crippen LogP contribution in [0.3, 0.4) is 0 Å². The second-order valence-corrected chi connectivity index (χ2v) is 7.36. The molecule has 0 aliphatic rings. The summed E-state index contributed by atoms with van der Waals surface area (Å²) in [5.74, 6) is -2.15. The molecule has 1 unspecified atom stereocenters. The summed E-state index contributed by atoms with van der Waals surface area (Å²) in [5.41, 5.74) is 0.656. The van der Waals surface area contributed by atoms with E-state index in [-0.39, 0.29) is 17.9 Å². The molecule has 2 N–H and O–H groups in total. The number of rotatable bonds is 7. The van der Waals surface area contributed by atoms with Crippen LogP contribution in [-0.2, 0) is 14.8 Å². The summed E-state index contributed by atoms with van der Waals surface area (Å²) >= 11 is 5.81. The summed E-state index contributed by atoms with van der Waals surface area (Å²) in [5, 5.41) is 9.53. The Bertz CT molecular complexity index is 807. The largest absolute Gasteiger partial charge is 0.481 e. The van der Waals surface area contributed by atoms with E-state index in [0.717, 1.165) is 24.3 Å². The maximum absolute atomic E-state index is 12.9. The van der Waals surface area contributed by atoms with E-state index in [1.54, 1.807) is 24.3 Å². The van der Waals surface area contributed by atoms with Gasteiger partial charge in [-0.3, -0.25) is 4.79 Å². The molecule has 1 atom stereocenters. The van der Waals surface area contributed by atoms with Gasteiger partial charge in [0.15, 0.2) is 0 Å². The van der Waals surface area contributed by atoms with Crippen LogP contribution in [-0.4, -0.2) is 26.0 Å². The molecule has 8 heteroatoms.